The third-order valence-corrected chi connectivity index (χ3v) is 5.92. The number of amides is 1. The largest absolute Gasteiger partial charge is 0.472 e. The van der Waals surface area contributed by atoms with E-state index in [0.29, 0.717) is 22.7 Å². The van der Waals surface area contributed by atoms with Gasteiger partial charge in [0.05, 0.1) is 18.8 Å². The first-order chi connectivity index (χ1) is 15.0. The van der Waals surface area contributed by atoms with Crippen molar-refractivity contribution in [2.45, 2.75) is 39.3 Å². The number of hydrogen-bond acceptors (Lipinski definition) is 8. The number of nitrogens with zero attached hydrogens (tertiary/aromatic N) is 4. The lowest BCUT2D eigenvalue weighted by Crippen LogP contribution is -2.59. The van der Waals surface area contributed by atoms with Gasteiger partial charge >= 0.3 is 0 Å². The molecule has 1 N–H and O–H groups in total. The minimum atomic E-state index is -0.219. The molecule has 0 aromatic carbocycles. The van der Waals surface area contributed by atoms with Crippen molar-refractivity contribution >= 4 is 5.91 Å². The molecule has 1 amide bonds. The second kappa shape index (κ2) is 7.73. The fraction of sp³-hybridized carbons (Fsp3) is 0.409. The average molecular weight is 421 g/mol. The van der Waals surface area contributed by atoms with Crippen molar-refractivity contribution in [2.75, 3.05) is 13.2 Å². The molecule has 9 heteroatoms. The minimum absolute atomic E-state index is 0.181. The van der Waals surface area contributed by atoms with Crippen LogP contribution in [0.2, 0.25) is 0 Å². The maximum atomic E-state index is 12.4. The molecule has 9 nitrogen and oxygen atoms in total. The molecule has 1 spiro atoms. The van der Waals surface area contributed by atoms with E-state index in [-0.39, 0.29) is 24.2 Å². The van der Waals surface area contributed by atoms with Crippen molar-refractivity contribution in [3.05, 3.63) is 53.2 Å². The van der Waals surface area contributed by atoms with E-state index >= 15 is 0 Å². The summed E-state index contributed by atoms with van der Waals surface area (Å²) in [7, 11) is 0. The maximum absolute atomic E-state index is 12.4. The number of carbonyl (C=O) groups is 1. The Bertz CT molecular complexity index is 1080. The molecule has 3 aromatic rings. The summed E-state index contributed by atoms with van der Waals surface area (Å²) in [6.07, 6.45) is 3.68. The highest BCUT2D eigenvalue weighted by Gasteiger charge is 2.50. The Hall–Kier alpha value is -3.33. The second-order valence-corrected chi connectivity index (χ2v) is 8.37. The van der Waals surface area contributed by atoms with Crippen molar-refractivity contribution in [1.29, 1.82) is 0 Å². The van der Waals surface area contributed by atoms with Gasteiger partial charge in [-0.15, -0.1) is 10.2 Å². The standard InChI is InChI=1S/C22H23N5O4/c1-13-3-4-15(9-23-13)20-17(14(2)31-27-20)10-30-19-6-5-18(25-26-19)21(28)24-16-7-22(8-16)11-29-12-22/h3-6,9,16H,7-8,10-12H2,1-2H3,(H,24,28). The molecule has 4 heterocycles. The van der Waals surface area contributed by atoms with Gasteiger partial charge in [0.15, 0.2) is 5.69 Å². The fourth-order valence-corrected chi connectivity index (χ4v) is 4.03. The normalized spacial score (nSPS) is 17.1. The van der Waals surface area contributed by atoms with E-state index < -0.39 is 0 Å². The van der Waals surface area contributed by atoms with Crippen LogP contribution >= 0.6 is 0 Å². The van der Waals surface area contributed by atoms with Crippen LogP contribution in [-0.2, 0) is 11.3 Å². The fourth-order valence-electron chi connectivity index (χ4n) is 4.03. The van der Waals surface area contributed by atoms with Gasteiger partial charge in [-0.3, -0.25) is 9.78 Å². The molecule has 0 atom stereocenters. The molecule has 3 aromatic heterocycles. The van der Waals surface area contributed by atoms with Crippen LogP contribution in [0.3, 0.4) is 0 Å². The van der Waals surface area contributed by atoms with Gasteiger partial charge in [-0.2, -0.15) is 0 Å². The molecule has 1 aliphatic heterocycles. The van der Waals surface area contributed by atoms with Crippen molar-refractivity contribution < 1.29 is 18.8 Å². The third-order valence-electron chi connectivity index (χ3n) is 5.92. The van der Waals surface area contributed by atoms with Gasteiger partial charge in [-0.1, -0.05) is 5.16 Å². The van der Waals surface area contributed by atoms with Crippen LogP contribution in [0.25, 0.3) is 11.3 Å². The van der Waals surface area contributed by atoms with E-state index in [0.717, 1.165) is 42.9 Å². The highest BCUT2D eigenvalue weighted by molar-refractivity contribution is 5.92. The van der Waals surface area contributed by atoms with Gasteiger partial charge < -0.3 is 19.3 Å². The lowest BCUT2D eigenvalue weighted by Gasteiger charge is -2.53. The van der Waals surface area contributed by atoms with Gasteiger partial charge in [-0.25, -0.2) is 0 Å². The molecular formula is C22H23N5O4. The average Bonchev–Trinajstić information content (AvgIpc) is 3.08. The van der Waals surface area contributed by atoms with Crippen molar-refractivity contribution in [3.63, 3.8) is 0 Å². The molecule has 31 heavy (non-hydrogen) atoms. The molecule has 2 fully saturated rings. The molecule has 0 unspecified atom stereocenters. The Morgan fingerprint density at radius 3 is 2.68 bits per heavy atom. The van der Waals surface area contributed by atoms with Gasteiger partial charge in [0.25, 0.3) is 5.91 Å². The summed E-state index contributed by atoms with van der Waals surface area (Å²) in [5, 5.41) is 15.2. The Morgan fingerprint density at radius 1 is 1.19 bits per heavy atom. The molecule has 160 valence electrons. The summed E-state index contributed by atoms with van der Waals surface area (Å²) in [5.74, 6) is 0.761. The number of nitrogens with one attached hydrogen (secondary N) is 1. The van der Waals surface area contributed by atoms with Gasteiger partial charge in [0.1, 0.15) is 18.1 Å². The van der Waals surface area contributed by atoms with Gasteiger partial charge in [0.2, 0.25) is 5.88 Å². The Labute approximate surface area is 179 Å². The van der Waals surface area contributed by atoms with Crippen LogP contribution < -0.4 is 10.1 Å². The SMILES string of the molecule is Cc1ccc(-c2noc(C)c2COc2ccc(C(=O)NC3CC4(COC4)C3)nn2)cn1. The van der Waals surface area contributed by atoms with E-state index in [1.165, 1.54) is 0 Å². The highest BCUT2D eigenvalue weighted by Crippen LogP contribution is 2.46. The highest BCUT2D eigenvalue weighted by atomic mass is 16.5. The molecule has 5 rings (SSSR count). The summed E-state index contributed by atoms with van der Waals surface area (Å²) in [4.78, 5) is 16.7. The van der Waals surface area contributed by atoms with Crippen molar-refractivity contribution in [3.8, 4) is 17.1 Å². The zero-order chi connectivity index (χ0) is 21.4. The van der Waals surface area contributed by atoms with Crippen LogP contribution in [0.15, 0.2) is 35.0 Å². The zero-order valence-electron chi connectivity index (χ0n) is 17.4. The monoisotopic (exact) mass is 421 g/mol. The summed E-state index contributed by atoms with van der Waals surface area (Å²) < 4.78 is 16.4. The smallest absolute Gasteiger partial charge is 0.272 e. The molecule has 1 saturated carbocycles. The lowest BCUT2D eigenvalue weighted by molar-refractivity contribution is -0.165. The Kier molecular flexibility index (Phi) is 4.90. The number of hydrogen-bond donors (Lipinski definition) is 1. The predicted molar refractivity (Wildman–Crippen MR) is 109 cm³/mol. The molecule has 1 aliphatic carbocycles. The van der Waals surface area contributed by atoms with Crippen LogP contribution in [0.1, 0.15) is 40.3 Å². The number of rotatable bonds is 6. The van der Waals surface area contributed by atoms with Gasteiger partial charge in [0, 0.05) is 35.0 Å². The first-order valence-corrected chi connectivity index (χ1v) is 10.2. The first kappa shape index (κ1) is 19.6. The van der Waals surface area contributed by atoms with E-state index in [1.807, 2.05) is 26.0 Å². The van der Waals surface area contributed by atoms with Gasteiger partial charge in [-0.05, 0) is 44.9 Å². The van der Waals surface area contributed by atoms with E-state index in [4.69, 9.17) is 14.0 Å². The Morgan fingerprint density at radius 2 is 2.03 bits per heavy atom. The van der Waals surface area contributed by atoms with Crippen LogP contribution in [0.4, 0.5) is 0 Å². The van der Waals surface area contributed by atoms with Crippen LogP contribution in [-0.4, -0.2) is 45.5 Å². The van der Waals surface area contributed by atoms with E-state index in [2.05, 4.69) is 25.7 Å². The summed E-state index contributed by atoms with van der Waals surface area (Å²) in [5.41, 5.74) is 3.85. The quantitative estimate of drug-likeness (QED) is 0.646. The molecular weight excluding hydrogens is 398 g/mol. The van der Waals surface area contributed by atoms with Crippen molar-refractivity contribution in [1.82, 2.24) is 25.7 Å². The summed E-state index contributed by atoms with van der Waals surface area (Å²) in [6, 6.07) is 7.30. The minimum Gasteiger partial charge on any atom is -0.472 e. The van der Waals surface area contributed by atoms with Crippen molar-refractivity contribution in [2.24, 2.45) is 5.41 Å². The number of aromatic nitrogens is 4. The second-order valence-electron chi connectivity index (χ2n) is 8.37. The number of aryl methyl sites for hydroxylation is 2. The first-order valence-electron chi connectivity index (χ1n) is 10.2. The number of carbonyl (C=O) groups excluding carboxylic acids is 1. The predicted octanol–water partition coefficient (Wildman–Crippen LogP) is 2.63. The Balaban J connectivity index is 1.19. The summed E-state index contributed by atoms with van der Waals surface area (Å²) in [6.45, 7) is 5.58. The lowest BCUT2D eigenvalue weighted by atomic mass is 9.64. The topological polar surface area (TPSA) is 112 Å². The molecule has 0 bridgehead atoms. The number of pyridine rings is 1. The molecule has 0 radical (unpaired) electrons. The van der Waals surface area contributed by atoms with Crippen LogP contribution in [0, 0.1) is 19.3 Å². The van der Waals surface area contributed by atoms with Crippen LogP contribution in [0.5, 0.6) is 5.88 Å². The maximum Gasteiger partial charge on any atom is 0.272 e. The number of ether oxygens (including phenoxy) is 2. The summed E-state index contributed by atoms with van der Waals surface area (Å²) >= 11 is 0. The molecule has 2 aliphatic rings. The zero-order valence-corrected chi connectivity index (χ0v) is 17.4. The van der Waals surface area contributed by atoms with E-state index in [1.54, 1.807) is 18.3 Å². The van der Waals surface area contributed by atoms with E-state index in [9.17, 15) is 4.79 Å². The molecule has 1 saturated heterocycles. The third kappa shape index (κ3) is 3.88.